The Balaban J connectivity index is 1.29. The first kappa shape index (κ1) is 22.0. The zero-order valence-corrected chi connectivity index (χ0v) is 19.4. The van der Waals surface area contributed by atoms with E-state index in [1.165, 1.54) is 17.4 Å². The lowest BCUT2D eigenvalue weighted by Crippen LogP contribution is -2.39. The van der Waals surface area contributed by atoms with Crippen LogP contribution in [0.5, 0.6) is 0 Å². The highest BCUT2D eigenvalue weighted by Gasteiger charge is 2.32. The first-order valence-corrected chi connectivity index (χ1v) is 11.8. The van der Waals surface area contributed by atoms with E-state index in [-0.39, 0.29) is 29.8 Å². The Hall–Kier alpha value is -2.82. The highest BCUT2D eigenvalue weighted by atomic mass is 32.1. The van der Waals surface area contributed by atoms with Gasteiger partial charge in [-0.15, -0.1) is 11.3 Å². The molecule has 3 atom stereocenters. The van der Waals surface area contributed by atoms with E-state index in [1.807, 2.05) is 6.07 Å². The fourth-order valence-electron chi connectivity index (χ4n) is 4.66. The second kappa shape index (κ2) is 8.51. The van der Waals surface area contributed by atoms with Crippen LogP contribution in [0.15, 0.2) is 18.2 Å². The van der Waals surface area contributed by atoms with Crippen LogP contribution in [0.3, 0.4) is 0 Å². The largest absolute Gasteiger partial charge is 0.397 e. The topological polar surface area (TPSA) is 119 Å². The van der Waals surface area contributed by atoms with E-state index in [0.29, 0.717) is 27.2 Å². The van der Waals surface area contributed by atoms with Crippen molar-refractivity contribution in [1.82, 2.24) is 15.3 Å². The van der Waals surface area contributed by atoms with Gasteiger partial charge in [-0.2, -0.15) is 0 Å². The molecule has 1 amide bonds. The van der Waals surface area contributed by atoms with Crippen molar-refractivity contribution in [3.05, 3.63) is 45.8 Å². The molecule has 1 aliphatic carbocycles. The summed E-state index contributed by atoms with van der Waals surface area (Å²) < 4.78 is 19.4. The molecule has 33 heavy (non-hydrogen) atoms. The van der Waals surface area contributed by atoms with Crippen LogP contribution in [0.25, 0.3) is 10.2 Å². The van der Waals surface area contributed by atoms with E-state index in [2.05, 4.69) is 21.3 Å². The van der Waals surface area contributed by atoms with Gasteiger partial charge in [-0.25, -0.2) is 14.4 Å². The van der Waals surface area contributed by atoms with Crippen LogP contribution < -0.4 is 21.7 Å². The molecule has 3 aromatic heterocycles. The number of hydrogen-bond acceptors (Lipinski definition) is 8. The minimum atomic E-state index is -0.427. The second-order valence-corrected chi connectivity index (χ2v) is 9.78. The molecule has 0 unspecified atom stereocenters. The summed E-state index contributed by atoms with van der Waals surface area (Å²) in [5.41, 5.74) is 15.1. The van der Waals surface area contributed by atoms with Gasteiger partial charge in [0.25, 0.3) is 5.91 Å². The minimum Gasteiger partial charge on any atom is -0.397 e. The normalized spacial score (nSPS) is 22.5. The number of hydrogen-bond donors (Lipinski definition) is 3. The number of nitrogens with one attached hydrogen (secondary N) is 1. The van der Waals surface area contributed by atoms with Crippen molar-refractivity contribution in [1.29, 1.82) is 0 Å². The number of nitrogens with zero attached hydrogens (tertiary/aromatic N) is 3. The number of nitrogens with two attached hydrogens (primary N) is 2. The maximum absolute atomic E-state index is 13.9. The molecule has 0 saturated carbocycles. The molecule has 5 rings (SSSR count). The van der Waals surface area contributed by atoms with Gasteiger partial charge in [0.1, 0.15) is 21.3 Å². The van der Waals surface area contributed by atoms with Gasteiger partial charge in [0.15, 0.2) is 0 Å². The van der Waals surface area contributed by atoms with E-state index >= 15 is 0 Å². The van der Waals surface area contributed by atoms with Crippen molar-refractivity contribution in [2.45, 2.75) is 44.4 Å². The van der Waals surface area contributed by atoms with Crippen LogP contribution in [0.2, 0.25) is 0 Å². The standard InChI is InChI=1S/C23H27FN6O2S/c1-11-15(24)8-14-20(26)21(33-23(14)27-11)22(31)28-13-4-5-17-12(7-13)3-6-19(29-17)30-9-16(25)18(10-30)32-2/h3,6,8,13,16,18H,4-5,7,9-10,25-26H2,1-2H3,(H,28,31)/t13-,16-,18-/m0/s1. The number of methoxy groups -OCH3 is 1. The average Bonchev–Trinajstić information content (AvgIpc) is 3.33. The summed E-state index contributed by atoms with van der Waals surface area (Å²) in [6, 6.07) is 5.41. The summed E-state index contributed by atoms with van der Waals surface area (Å²) >= 11 is 1.19. The number of carbonyl (C=O) groups is 1. The predicted octanol–water partition coefficient (Wildman–Crippen LogP) is 2.17. The van der Waals surface area contributed by atoms with Crippen LogP contribution >= 0.6 is 11.3 Å². The molecule has 8 nitrogen and oxygen atoms in total. The molecule has 1 fully saturated rings. The van der Waals surface area contributed by atoms with Crippen molar-refractivity contribution >= 4 is 39.0 Å². The number of halogens is 1. The van der Waals surface area contributed by atoms with Crippen LogP contribution in [0, 0.1) is 12.7 Å². The van der Waals surface area contributed by atoms with E-state index in [9.17, 15) is 9.18 Å². The van der Waals surface area contributed by atoms with E-state index < -0.39 is 5.82 Å². The Morgan fingerprint density at radius 1 is 1.33 bits per heavy atom. The summed E-state index contributed by atoms with van der Waals surface area (Å²) in [7, 11) is 1.69. The van der Waals surface area contributed by atoms with Gasteiger partial charge in [0.05, 0.1) is 23.5 Å². The molecule has 0 aromatic carbocycles. The maximum Gasteiger partial charge on any atom is 0.263 e. The minimum absolute atomic E-state index is 0.0133. The summed E-state index contributed by atoms with van der Waals surface area (Å²) in [6.07, 6.45) is 2.27. The lowest BCUT2D eigenvalue weighted by atomic mass is 9.91. The zero-order valence-electron chi connectivity index (χ0n) is 18.6. The number of rotatable bonds is 4. The van der Waals surface area contributed by atoms with E-state index in [4.69, 9.17) is 21.2 Å². The van der Waals surface area contributed by atoms with Gasteiger partial charge in [-0.3, -0.25) is 4.79 Å². The third-order valence-corrected chi connectivity index (χ3v) is 7.69. The van der Waals surface area contributed by atoms with Gasteiger partial charge >= 0.3 is 0 Å². The van der Waals surface area contributed by atoms with Crippen molar-refractivity contribution in [2.75, 3.05) is 30.8 Å². The van der Waals surface area contributed by atoms with Gasteiger partial charge in [-0.1, -0.05) is 6.07 Å². The molecule has 0 radical (unpaired) electrons. The molecule has 4 heterocycles. The van der Waals surface area contributed by atoms with Crippen LogP contribution in [-0.4, -0.2) is 54.3 Å². The number of fused-ring (bicyclic) bond motifs is 2. The monoisotopic (exact) mass is 470 g/mol. The molecule has 10 heteroatoms. The van der Waals surface area contributed by atoms with E-state index in [1.54, 1.807) is 14.0 Å². The van der Waals surface area contributed by atoms with Crippen molar-refractivity contribution in [2.24, 2.45) is 5.73 Å². The molecule has 0 bridgehead atoms. The van der Waals surface area contributed by atoms with Crippen LogP contribution in [0.4, 0.5) is 15.9 Å². The van der Waals surface area contributed by atoms with E-state index in [0.717, 1.165) is 43.0 Å². The predicted molar refractivity (Wildman–Crippen MR) is 127 cm³/mol. The second-order valence-electron chi connectivity index (χ2n) is 8.78. The zero-order chi connectivity index (χ0) is 23.3. The summed E-state index contributed by atoms with van der Waals surface area (Å²) in [6.45, 7) is 3.05. The number of aromatic nitrogens is 2. The fourth-order valence-corrected chi connectivity index (χ4v) is 5.68. The number of aryl methyl sites for hydroxylation is 2. The average molecular weight is 471 g/mol. The molecular formula is C23H27FN6O2S. The molecule has 1 aliphatic heterocycles. The summed E-state index contributed by atoms with van der Waals surface area (Å²) in [4.78, 5) is 25.2. The van der Waals surface area contributed by atoms with Gasteiger partial charge in [-0.05, 0) is 43.9 Å². The molecule has 3 aromatic rings. The van der Waals surface area contributed by atoms with Crippen molar-refractivity contribution < 1.29 is 13.9 Å². The number of pyridine rings is 2. The number of thiophene rings is 1. The lowest BCUT2D eigenvalue weighted by Gasteiger charge is -2.26. The molecule has 5 N–H and O–H groups in total. The molecular weight excluding hydrogens is 443 g/mol. The highest BCUT2D eigenvalue weighted by molar-refractivity contribution is 7.21. The van der Waals surface area contributed by atoms with Gasteiger partial charge in [0, 0.05) is 37.3 Å². The number of carbonyl (C=O) groups excluding carboxylic acids is 1. The third kappa shape index (κ3) is 4.03. The molecule has 2 aliphatic rings. The fraction of sp³-hybridized carbons (Fsp3) is 0.435. The van der Waals surface area contributed by atoms with Crippen molar-refractivity contribution in [3.8, 4) is 0 Å². The van der Waals surface area contributed by atoms with Crippen molar-refractivity contribution in [3.63, 3.8) is 0 Å². The maximum atomic E-state index is 13.9. The quantitative estimate of drug-likeness (QED) is 0.535. The molecule has 174 valence electrons. The number of anilines is 2. The third-order valence-electron chi connectivity index (χ3n) is 6.58. The number of nitrogen functional groups attached to an aromatic ring is 1. The Morgan fingerprint density at radius 2 is 2.15 bits per heavy atom. The molecule has 0 spiro atoms. The van der Waals surface area contributed by atoms with Gasteiger partial charge in [0.2, 0.25) is 0 Å². The number of amides is 1. The lowest BCUT2D eigenvalue weighted by molar-refractivity contribution is 0.0938. The summed E-state index contributed by atoms with van der Waals surface area (Å²) in [5, 5.41) is 3.58. The summed E-state index contributed by atoms with van der Waals surface area (Å²) in [5.74, 6) is 0.242. The number of ether oxygens (including phenoxy) is 1. The highest BCUT2D eigenvalue weighted by Crippen LogP contribution is 2.34. The first-order chi connectivity index (χ1) is 15.8. The smallest absolute Gasteiger partial charge is 0.263 e. The first-order valence-electron chi connectivity index (χ1n) is 11.0. The molecule has 1 saturated heterocycles. The van der Waals surface area contributed by atoms with Crippen LogP contribution in [0.1, 0.15) is 33.0 Å². The Kier molecular flexibility index (Phi) is 5.67. The Morgan fingerprint density at radius 3 is 2.91 bits per heavy atom. The van der Waals surface area contributed by atoms with Crippen LogP contribution in [-0.2, 0) is 17.6 Å². The SMILES string of the molecule is CO[C@H]1CN(c2ccc3c(n2)CC[C@H](NC(=O)c2sc4nc(C)c(F)cc4c2N)C3)C[C@@H]1N. The van der Waals surface area contributed by atoms with Gasteiger partial charge < -0.3 is 26.4 Å². The Labute approximate surface area is 195 Å². The Bertz CT molecular complexity index is 1230.